The maximum absolute atomic E-state index is 2.41. The molecule has 1 heteroatoms. The molecule has 0 nitrogen and oxygen atoms in total. The molecule has 0 radical (unpaired) electrons. The molecule has 72 valence electrons. The summed E-state index contributed by atoms with van der Waals surface area (Å²) in [7, 11) is -0.553. The van der Waals surface area contributed by atoms with Crippen molar-refractivity contribution in [1.82, 2.24) is 0 Å². The van der Waals surface area contributed by atoms with Crippen LogP contribution < -0.4 is 0 Å². The van der Waals surface area contributed by atoms with Crippen molar-refractivity contribution >= 4 is 7.26 Å². The van der Waals surface area contributed by atoms with Gasteiger partial charge in [0.2, 0.25) is 0 Å². The molecule has 0 aliphatic heterocycles. The quantitative estimate of drug-likeness (QED) is 0.645. The van der Waals surface area contributed by atoms with Crippen LogP contribution in [0, 0.1) is 0 Å². The number of benzene rings is 1. The fourth-order valence-electron chi connectivity index (χ4n) is 1.40. The molecule has 0 spiro atoms. The first-order chi connectivity index (χ1) is 6.08. The molecular formula is C12H20P+. The van der Waals surface area contributed by atoms with Gasteiger partial charge in [-0.05, 0) is 18.4 Å². The first-order valence-electron chi connectivity index (χ1n) is 4.92. The average molecular weight is 195 g/mol. The predicted octanol–water partition coefficient (Wildman–Crippen LogP) is 3.53. The normalized spacial score (nSPS) is 11.6. The van der Waals surface area contributed by atoms with Gasteiger partial charge in [0.1, 0.15) is 0 Å². The summed E-state index contributed by atoms with van der Waals surface area (Å²) in [5, 5.41) is 0. The van der Waals surface area contributed by atoms with E-state index in [1.165, 1.54) is 24.6 Å². The fraction of sp³-hybridized carbons (Fsp3) is 0.500. The smallest absolute Gasteiger partial charge is 0.0589 e. The highest BCUT2D eigenvalue weighted by atomic mass is 31.2. The van der Waals surface area contributed by atoms with Gasteiger partial charge in [0, 0.05) is 27.3 Å². The largest absolute Gasteiger partial charge is 0.0622 e. The Hall–Kier alpha value is -0.350. The second-order valence-corrected chi connectivity index (χ2v) is 9.63. The Labute approximate surface area is 82.7 Å². The van der Waals surface area contributed by atoms with E-state index in [1.807, 2.05) is 0 Å². The van der Waals surface area contributed by atoms with E-state index in [4.69, 9.17) is 0 Å². The summed E-state index contributed by atoms with van der Waals surface area (Å²) in [6.45, 7) is 7.24. The van der Waals surface area contributed by atoms with E-state index in [-0.39, 0.29) is 0 Å². The van der Waals surface area contributed by atoms with Gasteiger partial charge in [-0.3, -0.25) is 0 Å². The third-order valence-electron chi connectivity index (χ3n) is 2.14. The van der Waals surface area contributed by atoms with Crippen molar-refractivity contribution in [2.75, 3.05) is 26.2 Å². The predicted molar refractivity (Wildman–Crippen MR) is 64.3 cm³/mol. The zero-order valence-corrected chi connectivity index (χ0v) is 9.85. The van der Waals surface area contributed by atoms with Crippen LogP contribution in [0.2, 0.25) is 0 Å². The van der Waals surface area contributed by atoms with Crippen molar-refractivity contribution in [3.63, 3.8) is 0 Å². The van der Waals surface area contributed by atoms with Crippen LogP contribution in [0.1, 0.15) is 12.0 Å². The Morgan fingerprint density at radius 2 is 1.62 bits per heavy atom. The van der Waals surface area contributed by atoms with E-state index < -0.39 is 7.26 Å². The maximum Gasteiger partial charge on any atom is 0.0589 e. The monoisotopic (exact) mass is 195 g/mol. The minimum atomic E-state index is -0.553. The first kappa shape index (κ1) is 10.7. The molecule has 0 atom stereocenters. The van der Waals surface area contributed by atoms with Gasteiger partial charge in [0.05, 0.1) is 6.16 Å². The zero-order chi connectivity index (χ0) is 9.73. The molecule has 1 aromatic carbocycles. The zero-order valence-electron chi connectivity index (χ0n) is 8.96. The Morgan fingerprint density at radius 3 is 2.15 bits per heavy atom. The van der Waals surface area contributed by atoms with E-state index in [0.29, 0.717) is 0 Å². The topological polar surface area (TPSA) is 0 Å². The number of aryl methyl sites for hydroxylation is 1. The molecule has 0 fully saturated rings. The highest BCUT2D eigenvalue weighted by Crippen LogP contribution is 2.46. The Balaban J connectivity index is 2.29. The summed E-state index contributed by atoms with van der Waals surface area (Å²) in [4.78, 5) is 0. The lowest BCUT2D eigenvalue weighted by Crippen LogP contribution is -1.95. The van der Waals surface area contributed by atoms with Gasteiger partial charge in [-0.2, -0.15) is 0 Å². The van der Waals surface area contributed by atoms with Crippen LogP contribution in [0.25, 0.3) is 0 Å². The van der Waals surface area contributed by atoms with E-state index >= 15 is 0 Å². The van der Waals surface area contributed by atoms with Gasteiger partial charge in [-0.15, -0.1) is 0 Å². The molecule has 0 amide bonds. The van der Waals surface area contributed by atoms with Gasteiger partial charge in [0.25, 0.3) is 0 Å². The van der Waals surface area contributed by atoms with Crippen LogP contribution in [-0.4, -0.2) is 26.2 Å². The van der Waals surface area contributed by atoms with Crippen molar-refractivity contribution < 1.29 is 0 Å². The molecule has 0 heterocycles. The van der Waals surface area contributed by atoms with Crippen molar-refractivity contribution in [2.24, 2.45) is 0 Å². The lowest BCUT2D eigenvalue weighted by Gasteiger charge is -2.10. The van der Waals surface area contributed by atoms with Gasteiger partial charge >= 0.3 is 0 Å². The van der Waals surface area contributed by atoms with Crippen molar-refractivity contribution in [2.45, 2.75) is 12.8 Å². The average Bonchev–Trinajstić information content (AvgIpc) is 2.04. The van der Waals surface area contributed by atoms with Crippen LogP contribution in [-0.2, 0) is 6.42 Å². The minimum absolute atomic E-state index is 0.553. The fourth-order valence-corrected chi connectivity index (χ4v) is 2.51. The van der Waals surface area contributed by atoms with Crippen LogP contribution >= 0.6 is 7.26 Å². The second kappa shape index (κ2) is 4.77. The highest BCUT2D eigenvalue weighted by Gasteiger charge is 2.15. The van der Waals surface area contributed by atoms with Crippen LogP contribution in [0.5, 0.6) is 0 Å². The first-order valence-corrected chi connectivity index (χ1v) is 8.24. The van der Waals surface area contributed by atoms with E-state index in [0.717, 1.165) is 0 Å². The molecule has 0 aromatic heterocycles. The Kier molecular flexibility index (Phi) is 3.93. The summed E-state index contributed by atoms with van der Waals surface area (Å²) in [6, 6.07) is 10.8. The van der Waals surface area contributed by atoms with Crippen LogP contribution in [0.4, 0.5) is 0 Å². The van der Waals surface area contributed by atoms with Crippen molar-refractivity contribution in [3.05, 3.63) is 35.9 Å². The van der Waals surface area contributed by atoms with E-state index in [1.54, 1.807) is 0 Å². The molecule has 0 aliphatic carbocycles. The van der Waals surface area contributed by atoms with Crippen LogP contribution in [0.15, 0.2) is 30.3 Å². The summed E-state index contributed by atoms with van der Waals surface area (Å²) >= 11 is 0. The number of rotatable bonds is 4. The van der Waals surface area contributed by atoms with E-state index in [9.17, 15) is 0 Å². The molecule has 1 aromatic rings. The van der Waals surface area contributed by atoms with Gasteiger partial charge in [-0.25, -0.2) is 0 Å². The molecular weight excluding hydrogens is 175 g/mol. The number of hydrogen-bond acceptors (Lipinski definition) is 0. The lowest BCUT2D eigenvalue weighted by molar-refractivity contribution is 0.925. The SMILES string of the molecule is C[P+](C)(C)CCCc1ccccc1. The molecule has 0 saturated heterocycles. The third-order valence-corrected chi connectivity index (χ3v) is 3.80. The van der Waals surface area contributed by atoms with Crippen molar-refractivity contribution in [1.29, 1.82) is 0 Å². The van der Waals surface area contributed by atoms with Gasteiger partial charge in [0.15, 0.2) is 0 Å². The summed E-state index contributed by atoms with van der Waals surface area (Å²) in [5.74, 6) is 0. The molecule has 0 aliphatic rings. The molecule has 13 heavy (non-hydrogen) atoms. The molecule has 0 unspecified atom stereocenters. The van der Waals surface area contributed by atoms with Gasteiger partial charge in [-0.1, -0.05) is 30.3 Å². The van der Waals surface area contributed by atoms with Gasteiger partial charge < -0.3 is 0 Å². The summed E-state index contributed by atoms with van der Waals surface area (Å²) < 4.78 is 0. The molecule has 0 N–H and O–H groups in total. The maximum atomic E-state index is 2.41. The minimum Gasteiger partial charge on any atom is -0.0622 e. The Bertz CT molecular complexity index is 233. The third kappa shape index (κ3) is 5.05. The molecule has 0 saturated carbocycles. The summed E-state index contributed by atoms with van der Waals surface area (Å²) in [6.07, 6.45) is 4.02. The summed E-state index contributed by atoms with van der Waals surface area (Å²) in [5.41, 5.74) is 1.48. The second-order valence-electron chi connectivity index (χ2n) is 4.60. The van der Waals surface area contributed by atoms with Crippen LogP contribution in [0.3, 0.4) is 0 Å². The Morgan fingerprint density at radius 1 is 1.00 bits per heavy atom. The lowest BCUT2D eigenvalue weighted by atomic mass is 10.1. The molecule has 1 rings (SSSR count). The van der Waals surface area contributed by atoms with Crippen molar-refractivity contribution in [3.8, 4) is 0 Å². The highest BCUT2D eigenvalue weighted by molar-refractivity contribution is 7.73. The standard InChI is InChI=1S/C12H20P/c1-13(2,3)11-7-10-12-8-5-4-6-9-12/h4-6,8-9H,7,10-11H2,1-3H3/q+1. The molecule has 0 bridgehead atoms. The van der Waals surface area contributed by atoms with E-state index in [2.05, 4.69) is 50.3 Å². The number of hydrogen-bond donors (Lipinski definition) is 0.